The zero-order valence-electron chi connectivity index (χ0n) is 11.4. The van der Waals surface area contributed by atoms with Gasteiger partial charge in [0.15, 0.2) is 6.61 Å². The summed E-state index contributed by atoms with van der Waals surface area (Å²) >= 11 is 0. The molecule has 0 aliphatic carbocycles. The lowest BCUT2D eigenvalue weighted by Crippen LogP contribution is -2.34. The van der Waals surface area contributed by atoms with E-state index in [1.54, 1.807) is 13.0 Å². The number of ether oxygens (including phenoxy) is 1. The van der Waals surface area contributed by atoms with Gasteiger partial charge in [-0.1, -0.05) is 6.92 Å². The molecule has 0 bridgehead atoms. The molecule has 0 fully saturated rings. The zero-order chi connectivity index (χ0) is 15.2. The first-order valence-electron chi connectivity index (χ1n) is 6.32. The first-order valence-corrected chi connectivity index (χ1v) is 6.32. The molecular formula is C13H18F4N2O. The van der Waals surface area contributed by atoms with Crippen LogP contribution in [-0.4, -0.2) is 30.5 Å². The van der Waals surface area contributed by atoms with E-state index in [0.29, 0.717) is 12.2 Å². The van der Waals surface area contributed by atoms with Crippen LogP contribution in [0.2, 0.25) is 0 Å². The Balaban J connectivity index is 2.66. The number of nitrogens with one attached hydrogen (secondary N) is 1. The van der Waals surface area contributed by atoms with Gasteiger partial charge in [-0.2, -0.15) is 8.78 Å². The van der Waals surface area contributed by atoms with Gasteiger partial charge in [0.1, 0.15) is 0 Å². The third-order valence-electron chi connectivity index (χ3n) is 2.48. The molecule has 7 heteroatoms. The second-order valence-electron chi connectivity index (χ2n) is 4.48. The molecule has 0 unspecified atom stereocenters. The minimum atomic E-state index is -4.17. The third-order valence-corrected chi connectivity index (χ3v) is 2.48. The van der Waals surface area contributed by atoms with E-state index in [1.807, 2.05) is 6.92 Å². The van der Waals surface area contributed by atoms with Crippen molar-refractivity contribution in [3.8, 4) is 5.88 Å². The minimum Gasteiger partial charge on any atom is -0.471 e. The molecule has 0 aromatic carbocycles. The van der Waals surface area contributed by atoms with Crippen LogP contribution in [0.15, 0.2) is 12.1 Å². The Morgan fingerprint density at radius 3 is 2.65 bits per heavy atom. The predicted molar refractivity (Wildman–Crippen MR) is 67.4 cm³/mol. The number of aryl methyl sites for hydroxylation is 1. The van der Waals surface area contributed by atoms with E-state index < -0.39 is 19.0 Å². The number of hydrogen-bond acceptors (Lipinski definition) is 3. The molecule has 0 aliphatic rings. The van der Waals surface area contributed by atoms with E-state index >= 15 is 0 Å². The van der Waals surface area contributed by atoms with Crippen LogP contribution in [0.25, 0.3) is 0 Å². The average Bonchev–Trinajstić information content (AvgIpc) is 2.36. The zero-order valence-corrected chi connectivity index (χ0v) is 11.4. The maximum atomic E-state index is 12.8. The third kappa shape index (κ3) is 5.32. The molecule has 114 valence electrons. The molecule has 0 amide bonds. The van der Waals surface area contributed by atoms with Gasteiger partial charge in [0, 0.05) is 18.3 Å². The highest BCUT2D eigenvalue weighted by atomic mass is 19.3. The number of halogens is 4. The first kappa shape index (κ1) is 16.7. The molecular weight excluding hydrogens is 276 g/mol. The summed E-state index contributed by atoms with van der Waals surface area (Å²) in [6.45, 7) is 3.68. The van der Waals surface area contributed by atoms with Crippen molar-refractivity contribution in [2.45, 2.75) is 39.2 Å². The number of rotatable bonds is 8. The van der Waals surface area contributed by atoms with Gasteiger partial charge in [-0.3, -0.25) is 0 Å². The summed E-state index contributed by atoms with van der Waals surface area (Å²) in [6, 6.07) is 3.25. The highest BCUT2D eigenvalue weighted by Gasteiger charge is 2.41. The van der Waals surface area contributed by atoms with Crippen molar-refractivity contribution < 1.29 is 22.3 Å². The van der Waals surface area contributed by atoms with Gasteiger partial charge < -0.3 is 10.1 Å². The molecule has 0 spiro atoms. The Morgan fingerprint density at radius 2 is 2.05 bits per heavy atom. The Morgan fingerprint density at radius 1 is 1.35 bits per heavy atom. The lowest BCUT2D eigenvalue weighted by atomic mass is 10.2. The fourth-order valence-electron chi connectivity index (χ4n) is 1.53. The van der Waals surface area contributed by atoms with Crippen molar-refractivity contribution in [2.75, 3.05) is 13.2 Å². The molecule has 0 atom stereocenters. The van der Waals surface area contributed by atoms with Gasteiger partial charge >= 0.3 is 12.3 Å². The van der Waals surface area contributed by atoms with E-state index in [4.69, 9.17) is 4.74 Å². The number of hydrogen-bond donors (Lipinski definition) is 1. The Labute approximate surface area is 115 Å². The van der Waals surface area contributed by atoms with Crippen molar-refractivity contribution in [1.29, 1.82) is 0 Å². The van der Waals surface area contributed by atoms with Crippen molar-refractivity contribution >= 4 is 0 Å². The van der Waals surface area contributed by atoms with Gasteiger partial charge in [-0.15, -0.1) is 0 Å². The monoisotopic (exact) mass is 294 g/mol. The van der Waals surface area contributed by atoms with Gasteiger partial charge in [-0.05, 0) is 31.5 Å². The van der Waals surface area contributed by atoms with Crippen LogP contribution in [0, 0.1) is 6.92 Å². The standard InChI is InChI=1S/C13H18F4N2O/c1-3-4-18-7-10-5-9(2)19-11(6-10)20-8-13(16,17)12(14)15/h5-6,12,18H,3-4,7-8H2,1-2H3. The Bertz CT molecular complexity index is 427. The fourth-order valence-corrected chi connectivity index (χ4v) is 1.53. The second kappa shape index (κ2) is 7.42. The minimum absolute atomic E-state index is 0.0707. The number of aromatic nitrogens is 1. The van der Waals surface area contributed by atoms with E-state index in [9.17, 15) is 17.6 Å². The first-order chi connectivity index (χ1) is 9.35. The molecule has 0 aliphatic heterocycles. The van der Waals surface area contributed by atoms with E-state index in [1.165, 1.54) is 6.07 Å². The topological polar surface area (TPSA) is 34.2 Å². The molecule has 1 heterocycles. The highest BCUT2D eigenvalue weighted by Crippen LogP contribution is 2.24. The fraction of sp³-hybridized carbons (Fsp3) is 0.615. The van der Waals surface area contributed by atoms with Crippen LogP contribution in [0.3, 0.4) is 0 Å². The van der Waals surface area contributed by atoms with Crippen LogP contribution in [-0.2, 0) is 6.54 Å². The van der Waals surface area contributed by atoms with Crippen molar-refractivity contribution in [3.63, 3.8) is 0 Å². The summed E-state index contributed by atoms with van der Waals surface area (Å²) in [4.78, 5) is 3.90. The number of alkyl halides is 4. The summed E-state index contributed by atoms with van der Waals surface area (Å²) in [6.07, 6.45) is -2.79. The summed E-state index contributed by atoms with van der Waals surface area (Å²) < 4.78 is 54.3. The molecule has 0 saturated carbocycles. The Hall–Kier alpha value is -1.37. The van der Waals surface area contributed by atoms with E-state index in [2.05, 4.69) is 10.3 Å². The molecule has 1 N–H and O–H groups in total. The van der Waals surface area contributed by atoms with Gasteiger partial charge in [0.25, 0.3) is 0 Å². The lowest BCUT2D eigenvalue weighted by Gasteiger charge is -2.16. The quantitative estimate of drug-likeness (QED) is 0.590. The van der Waals surface area contributed by atoms with Gasteiger partial charge in [0.05, 0.1) is 0 Å². The summed E-state index contributed by atoms with van der Waals surface area (Å²) in [5, 5.41) is 3.14. The molecule has 20 heavy (non-hydrogen) atoms. The Kier molecular flexibility index (Phi) is 6.19. The van der Waals surface area contributed by atoms with Crippen molar-refractivity contribution in [1.82, 2.24) is 10.3 Å². The van der Waals surface area contributed by atoms with Crippen LogP contribution >= 0.6 is 0 Å². The molecule has 1 rings (SSSR count). The lowest BCUT2D eigenvalue weighted by molar-refractivity contribution is -0.148. The van der Waals surface area contributed by atoms with Gasteiger partial charge in [-0.25, -0.2) is 13.8 Å². The van der Waals surface area contributed by atoms with Crippen LogP contribution in [0.4, 0.5) is 17.6 Å². The van der Waals surface area contributed by atoms with Crippen LogP contribution < -0.4 is 10.1 Å². The maximum absolute atomic E-state index is 12.8. The largest absolute Gasteiger partial charge is 0.471 e. The van der Waals surface area contributed by atoms with Crippen LogP contribution in [0.5, 0.6) is 5.88 Å². The maximum Gasteiger partial charge on any atom is 0.340 e. The number of nitrogens with zero attached hydrogens (tertiary/aromatic N) is 1. The summed E-state index contributed by atoms with van der Waals surface area (Å²) in [7, 11) is 0. The number of pyridine rings is 1. The van der Waals surface area contributed by atoms with Crippen LogP contribution in [0.1, 0.15) is 24.6 Å². The second-order valence-corrected chi connectivity index (χ2v) is 4.48. The predicted octanol–water partition coefficient (Wildman–Crippen LogP) is 3.17. The van der Waals surface area contributed by atoms with Crippen molar-refractivity contribution in [2.24, 2.45) is 0 Å². The molecule has 0 saturated heterocycles. The van der Waals surface area contributed by atoms with E-state index in [-0.39, 0.29) is 5.88 Å². The summed E-state index contributed by atoms with van der Waals surface area (Å²) in [5.74, 6) is -4.25. The molecule has 1 aromatic heterocycles. The SMILES string of the molecule is CCCNCc1cc(C)nc(OCC(F)(F)C(F)F)c1. The average molecular weight is 294 g/mol. The normalized spacial score (nSPS) is 11.9. The highest BCUT2D eigenvalue weighted by molar-refractivity contribution is 5.24. The van der Waals surface area contributed by atoms with E-state index in [0.717, 1.165) is 18.5 Å². The molecule has 1 aromatic rings. The summed E-state index contributed by atoms with van der Waals surface area (Å²) in [5.41, 5.74) is 1.39. The smallest absolute Gasteiger partial charge is 0.340 e. The van der Waals surface area contributed by atoms with Crippen molar-refractivity contribution in [3.05, 3.63) is 23.4 Å². The van der Waals surface area contributed by atoms with Gasteiger partial charge in [0.2, 0.25) is 5.88 Å². The molecule has 0 radical (unpaired) electrons. The molecule has 3 nitrogen and oxygen atoms in total.